The molecule has 0 aromatic carbocycles. The van der Waals surface area contributed by atoms with Crippen LogP contribution in [0.4, 0.5) is 4.79 Å². The quantitative estimate of drug-likeness (QED) is 0.692. The summed E-state index contributed by atoms with van der Waals surface area (Å²) in [4.78, 5) is 26.0. The molecule has 0 aromatic heterocycles. The first-order valence-corrected chi connectivity index (χ1v) is 12.9. The molecule has 0 heterocycles. The standard InChI is InChI=1S/C20H40N2O4Si/c1-14(17(21)23)22(18(24)25-19(2,3)4)15-10-12-16(13-11-15)26-27(8,9)20(5,6)7/h14-16H,10-13H2,1-9H3,(H2,21,23)/t14?,15-,16-. The molecule has 1 fully saturated rings. The van der Waals surface area contributed by atoms with Gasteiger partial charge in [0.05, 0.1) is 0 Å². The lowest BCUT2D eigenvalue weighted by atomic mass is 9.91. The Hall–Kier alpha value is -1.08. The van der Waals surface area contributed by atoms with Crippen LogP contribution in [0.2, 0.25) is 18.1 Å². The summed E-state index contributed by atoms with van der Waals surface area (Å²) in [6.07, 6.45) is 3.07. The largest absolute Gasteiger partial charge is 0.444 e. The van der Waals surface area contributed by atoms with Crippen molar-refractivity contribution in [3.63, 3.8) is 0 Å². The van der Waals surface area contributed by atoms with Crippen LogP contribution in [-0.2, 0) is 14.0 Å². The van der Waals surface area contributed by atoms with Crippen LogP contribution in [0.15, 0.2) is 0 Å². The molecule has 0 bridgehead atoms. The van der Waals surface area contributed by atoms with Crippen molar-refractivity contribution in [1.29, 1.82) is 0 Å². The van der Waals surface area contributed by atoms with Gasteiger partial charge in [-0.15, -0.1) is 0 Å². The van der Waals surface area contributed by atoms with Crippen LogP contribution in [0.1, 0.15) is 74.1 Å². The molecule has 0 spiro atoms. The van der Waals surface area contributed by atoms with Gasteiger partial charge in [0.25, 0.3) is 0 Å². The fraction of sp³-hybridized carbons (Fsp3) is 0.900. The third kappa shape index (κ3) is 6.78. The Bertz CT molecular complexity index is 529. The molecular formula is C20H40N2O4Si. The summed E-state index contributed by atoms with van der Waals surface area (Å²) in [5.74, 6) is -0.513. The van der Waals surface area contributed by atoms with Crippen molar-refractivity contribution in [3.8, 4) is 0 Å². The maximum absolute atomic E-state index is 12.7. The maximum Gasteiger partial charge on any atom is 0.411 e. The summed E-state index contributed by atoms with van der Waals surface area (Å²) in [6.45, 7) is 18.4. The van der Waals surface area contributed by atoms with Gasteiger partial charge in [0.1, 0.15) is 11.6 Å². The molecule has 2 amide bonds. The topological polar surface area (TPSA) is 81.9 Å². The SMILES string of the molecule is CC(C(N)=O)N(C(=O)OC(C)(C)C)[C@H]1CC[C@H](O[Si](C)(C)C(C)(C)C)CC1. The van der Waals surface area contributed by atoms with Gasteiger partial charge in [-0.3, -0.25) is 9.69 Å². The number of carbonyl (C=O) groups excluding carboxylic acids is 2. The Labute approximate surface area is 166 Å². The number of hydrogen-bond acceptors (Lipinski definition) is 4. The van der Waals surface area contributed by atoms with Crippen molar-refractivity contribution >= 4 is 20.3 Å². The summed E-state index contributed by atoms with van der Waals surface area (Å²) >= 11 is 0. The molecule has 158 valence electrons. The number of ether oxygens (including phenoxy) is 1. The summed E-state index contributed by atoms with van der Waals surface area (Å²) in [7, 11) is -1.81. The zero-order valence-corrected chi connectivity index (χ0v) is 19.7. The first kappa shape index (κ1) is 24.0. The van der Waals surface area contributed by atoms with E-state index in [1.54, 1.807) is 6.92 Å². The first-order valence-electron chi connectivity index (χ1n) is 10.0. The zero-order chi connectivity index (χ0) is 21.2. The third-order valence-electron chi connectivity index (χ3n) is 5.74. The molecule has 1 atom stereocenters. The molecule has 27 heavy (non-hydrogen) atoms. The summed E-state index contributed by atoms with van der Waals surface area (Å²) in [5.41, 5.74) is 4.88. The van der Waals surface area contributed by atoms with E-state index in [1.807, 2.05) is 20.8 Å². The minimum atomic E-state index is -1.81. The van der Waals surface area contributed by atoms with Crippen molar-refractivity contribution in [1.82, 2.24) is 4.90 Å². The molecule has 0 aromatic rings. The second-order valence-corrected chi connectivity index (χ2v) is 15.0. The average molecular weight is 401 g/mol. The van der Waals surface area contributed by atoms with E-state index >= 15 is 0 Å². The second-order valence-electron chi connectivity index (χ2n) is 10.3. The number of amides is 2. The van der Waals surface area contributed by atoms with Gasteiger partial charge in [-0.1, -0.05) is 20.8 Å². The minimum Gasteiger partial charge on any atom is -0.444 e. The lowest BCUT2D eigenvalue weighted by Gasteiger charge is -2.43. The molecule has 1 unspecified atom stereocenters. The average Bonchev–Trinajstić information content (AvgIpc) is 2.45. The third-order valence-corrected chi connectivity index (χ3v) is 10.3. The Balaban J connectivity index is 2.82. The highest BCUT2D eigenvalue weighted by molar-refractivity contribution is 6.74. The van der Waals surface area contributed by atoms with E-state index in [0.717, 1.165) is 25.7 Å². The highest BCUT2D eigenvalue weighted by Gasteiger charge is 2.41. The molecule has 1 rings (SSSR count). The molecule has 1 saturated carbocycles. The molecular weight excluding hydrogens is 360 g/mol. The van der Waals surface area contributed by atoms with Gasteiger partial charge in [0.2, 0.25) is 5.91 Å². The van der Waals surface area contributed by atoms with Gasteiger partial charge in [0, 0.05) is 12.1 Å². The summed E-state index contributed by atoms with van der Waals surface area (Å²) < 4.78 is 12.1. The van der Waals surface area contributed by atoms with E-state index < -0.39 is 32.0 Å². The molecule has 0 aliphatic heterocycles. The van der Waals surface area contributed by atoms with Crippen molar-refractivity contribution in [2.24, 2.45) is 5.73 Å². The normalized spacial score (nSPS) is 22.9. The van der Waals surface area contributed by atoms with Gasteiger partial charge >= 0.3 is 6.09 Å². The van der Waals surface area contributed by atoms with Crippen LogP contribution < -0.4 is 5.73 Å². The van der Waals surface area contributed by atoms with Gasteiger partial charge in [0.15, 0.2) is 8.32 Å². The van der Waals surface area contributed by atoms with E-state index in [2.05, 4.69) is 33.9 Å². The van der Waals surface area contributed by atoms with E-state index in [-0.39, 0.29) is 17.2 Å². The molecule has 0 saturated heterocycles. The molecule has 1 aliphatic rings. The van der Waals surface area contributed by atoms with Crippen molar-refractivity contribution in [3.05, 3.63) is 0 Å². The van der Waals surface area contributed by atoms with Crippen LogP contribution in [0.5, 0.6) is 0 Å². The zero-order valence-electron chi connectivity index (χ0n) is 18.7. The first-order chi connectivity index (χ1) is 12.0. The lowest BCUT2D eigenvalue weighted by Crippen LogP contribution is -2.54. The van der Waals surface area contributed by atoms with Gasteiger partial charge in [-0.25, -0.2) is 4.79 Å². The minimum absolute atomic E-state index is 0.0541. The molecule has 7 heteroatoms. The maximum atomic E-state index is 12.7. The van der Waals surface area contributed by atoms with E-state index in [9.17, 15) is 9.59 Å². The van der Waals surface area contributed by atoms with Crippen LogP contribution in [-0.4, -0.2) is 49.0 Å². The van der Waals surface area contributed by atoms with Gasteiger partial charge in [-0.2, -0.15) is 0 Å². The van der Waals surface area contributed by atoms with Gasteiger partial charge < -0.3 is 14.9 Å². The molecule has 0 radical (unpaired) electrons. The fourth-order valence-electron chi connectivity index (χ4n) is 3.11. The Morgan fingerprint density at radius 2 is 1.52 bits per heavy atom. The Morgan fingerprint density at radius 1 is 1.04 bits per heavy atom. The van der Waals surface area contributed by atoms with E-state index in [4.69, 9.17) is 14.9 Å². The van der Waals surface area contributed by atoms with Crippen molar-refractivity contribution < 1.29 is 18.8 Å². The Morgan fingerprint density at radius 3 is 1.89 bits per heavy atom. The fourth-order valence-corrected chi connectivity index (χ4v) is 4.53. The highest BCUT2D eigenvalue weighted by atomic mass is 28.4. The number of hydrogen-bond donors (Lipinski definition) is 1. The molecule has 1 aliphatic carbocycles. The number of nitrogens with zero attached hydrogens (tertiary/aromatic N) is 1. The lowest BCUT2D eigenvalue weighted by molar-refractivity contribution is -0.124. The van der Waals surface area contributed by atoms with E-state index in [1.165, 1.54) is 4.90 Å². The number of primary amides is 1. The monoisotopic (exact) mass is 400 g/mol. The predicted molar refractivity (Wildman–Crippen MR) is 111 cm³/mol. The Kier molecular flexibility index (Phi) is 7.55. The van der Waals surface area contributed by atoms with E-state index in [0.29, 0.717) is 0 Å². The van der Waals surface area contributed by atoms with Crippen molar-refractivity contribution in [2.75, 3.05) is 0 Å². The van der Waals surface area contributed by atoms with Crippen LogP contribution in [0.25, 0.3) is 0 Å². The van der Waals surface area contributed by atoms with Crippen LogP contribution in [0, 0.1) is 0 Å². The molecule has 2 N–H and O–H groups in total. The number of rotatable bonds is 5. The number of carbonyl (C=O) groups is 2. The van der Waals surface area contributed by atoms with Crippen LogP contribution >= 0.6 is 0 Å². The summed E-state index contributed by atoms with van der Waals surface area (Å²) in [6, 6.07) is -0.746. The van der Waals surface area contributed by atoms with Crippen molar-refractivity contribution in [2.45, 2.75) is 116 Å². The second kappa shape index (κ2) is 8.51. The summed E-state index contributed by atoms with van der Waals surface area (Å²) in [5, 5.41) is 0.173. The highest BCUT2D eigenvalue weighted by Crippen LogP contribution is 2.39. The smallest absolute Gasteiger partial charge is 0.411 e. The van der Waals surface area contributed by atoms with Crippen LogP contribution in [0.3, 0.4) is 0 Å². The molecule has 6 nitrogen and oxygen atoms in total. The predicted octanol–water partition coefficient (Wildman–Crippen LogP) is 4.43. The number of nitrogens with two attached hydrogens (primary N) is 1. The van der Waals surface area contributed by atoms with Gasteiger partial charge in [-0.05, 0) is 71.5 Å².